The van der Waals surface area contributed by atoms with Crippen LogP contribution in [-0.4, -0.2) is 23.5 Å². The van der Waals surface area contributed by atoms with E-state index in [1.165, 1.54) is 0 Å². The molecule has 0 spiro atoms. The molecule has 0 radical (unpaired) electrons. The van der Waals surface area contributed by atoms with Gasteiger partial charge in [0.05, 0.1) is 0 Å². The van der Waals surface area contributed by atoms with Gasteiger partial charge in [0.15, 0.2) is 6.04 Å². The van der Waals surface area contributed by atoms with Crippen LogP contribution in [0.2, 0.25) is 5.02 Å². The number of amides is 1. The number of carbonyl (C=O) groups is 2. The molecule has 1 aliphatic heterocycles. The minimum absolute atomic E-state index is 0.360. The van der Waals surface area contributed by atoms with Gasteiger partial charge in [-0.05, 0) is 44.5 Å². The largest absolute Gasteiger partial charge is 0.458 e. The Bertz CT molecular complexity index is 552. The van der Waals surface area contributed by atoms with Crippen LogP contribution in [0.3, 0.4) is 0 Å². The third-order valence-electron chi connectivity index (χ3n) is 2.73. The molecular weight excluding hydrogens is 280 g/mol. The van der Waals surface area contributed by atoms with Gasteiger partial charge in [0, 0.05) is 17.3 Å². The van der Waals surface area contributed by atoms with Gasteiger partial charge in [-0.3, -0.25) is 10.1 Å². The Morgan fingerprint density at radius 1 is 1.40 bits per heavy atom. The first-order valence-corrected chi connectivity index (χ1v) is 6.69. The minimum atomic E-state index is -1.03. The fourth-order valence-corrected chi connectivity index (χ4v) is 2.09. The van der Waals surface area contributed by atoms with Crippen molar-refractivity contribution in [3.63, 3.8) is 0 Å². The quantitative estimate of drug-likeness (QED) is 0.615. The summed E-state index contributed by atoms with van der Waals surface area (Å²) in [4.78, 5) is 24.1. The van der Waals surface area contributed by atoms with Crippen molar-refractivity contribution in [3.8, 4) is 0 Å². The van der Waals surface area contributed by atoms with Crippen LogP contribution in [0.15, 0.2) is 18.2 Å². The van der Waals surface area contributed by atoms with E-state index in [1.54, 1.807) is 39.0 Å². The first kappa shape index (κ1) is 14.8. The summed E-state index contributed by atoms with van der Waals surface area (Å²) < 4.78 is 5.24. The molecule has 1 unspecified atom stereocenters. The first-order chi connectivity index (χ1) is 9.26. The summed E-state index contributed by atoms with van der Waals surface area (Å²) in [6.07, 6.45) is 0. The van der Waals surface area contributed by atoms with Crippen LogP contribution in [0.25, 0.3) is 0 Å². The zero-order chi connectivity index (χ0) is 14.9. The summed E-state index contributed by atoms with van der Waals surface area (Å²) in [7, 11) is 0. The third kappa shape index (κ3) is 3.49. The van der Waals surface area contributed by atoms with E-state index < -0.39 is 23.5 Å². The first-order valence-electron chi connectivity index (χ1n) is 6.32. The predicted octanol–water partition coefficient (Wildman–Crippen LogP) is 2.09. The van der Waals surface area contributed by atoms with Gasteiger partial charge in [0.2, 0.25) is 0 Å². The number of hydrogen-bond donors (Lipinski definition) is 2. The molecule has 108 valence electrons. The minimum Gasteiger partial charge on any atom is -0.458 e. The lowest BCUT2D eigenvalue weighted by molar-refractivity contribution is -0.158. The number of ether oxygens (including phenoxy) is 1. The van der Waals surface area contributed by atoms with Gasteiger partial charge in [0.25, 0.3) is 5.91 Å². The molecular formula is C14H17ClN2O3. The molecule has 0 aromatic heterocycles. The monoisotopic (exact) mass is 296 g/mol. The normalized spacial score (nSPS) is 18.8. The Morgan fingerprint density at radius 3 is 2.75 bits per heavy atom. The Kier molecular flexibility index (Phi) is 4.01. The van der Waals surface area contributed by atoms with Crippen molar-refractivity contribution in [2.45, 2.75) is 39.0 Å². The molecule has 0 bridgehead atoms. The molecule has 1 aromatic carbocycles. The van der Waals surface area contributed by atoms with E-state index >= 15 is 0 Å². The van der Waals surface area contributed by atoms with Crippen LogP contribution in [0, 0.1) is 0 Å². The maximum absolute atomic E-state index is 12.1. The molecule has 6 heteroatoms. The average Bonchev–Trinajstić information content (AvgIpc) is 2.45. The second-order valence-electron chi connectivity index (χ2n) is 5.64. The van der Waals surface area contributed by atoms with Crippen LogP contribution in [0.4, 0.5) is 5.69 Å². The molecule has 0 saturated carbocycles. The molecule has 20 heavy (non-hydrogen) atoms. The molecule has 2 N–H and O–H groups in total. The number of halogens is 1. The topological polar surface area (TPSA) is 67.4 Å². The van der Waals surface area contributed by atoms with Crippen molar-refractivity contribution in [3.05, 3.63) is 28.8 Å². The Hall–Kier alpha value is -1.59. The van der Waals surface area contributed by atoms with Crippen molar-refractivity contribution in [2.75, 3.05) is 5.32 Å². The number of hydrogen-bond acceptors (Lipinski definition) is 4. The summed E-state index contributed by atoms with van der Waals surface area (Å²) in [6, 6.07) is 4.13. The van der Waals surface area contributed by atoms with Crippen LogP contribution in [0.1, 0.15) is 26.3 Å². The highest BCUT2D eigenvalue weighted by molar-refractivity contribution is 6.30. The van der Waals surface area contributed by atoms with Crippen molar-refractivity contribution in [1.29, 1.82) is 0 Å². The van der Waals surface area contributed by atoms with Crippen molar-refractivity contribution >= 4 is 29.2 Å². The fourth-order valence-electron chi connectivity index (χ4n) is 1.89. The lowest BCUT2D eigenvalue weighted by atomic mass is 10.2. The van der Waals surface area contributed by atoms with Crippen LogP contribution in [-0.2, 0) is 20.9 Å². The van der Waals surface area contributed by atoms with Gasteiger partial charge in [-0.25, -0.2) is 4.79 Å². The van der Waals surface area contributed by atoms with Gasteiger partial charge in [-0.1, -0.05) is 11.6 Å². The van der Waals surface area contributed by atoms with Gasteiger partial charge in [-0.2, -0.15) is 0 Å². The molecule has 1 aliphatic rings. The number of anilines is 1. The fraction of sp³-hybridized carbons (Fsp3) is 0.429. The van der Waals surface area contributed by atoms with Crippen molar-refractivity contribution in [2.24, 2.45) is 0 Å². The molecule has 1 atom stereocenters. The maximum atomic E-state index is 12.1. The lowest BCUT2D eigenvalue weighted by Crippen LogP contribution is -2.47. The molecule has 2 rings (SSSR count). The molecule has 1 heterocycles. The summed E-state index contributed by atoms with van der Waals surface area (Å²) >= 11 is 5.92. The van der Waals surface area contributed by atoms with E-state index in [0.29, 0.717) is 17.3 Å². The lowest BCUT2D eigenvalue weighted by Gasteiger charge is -2.22. The molecule has 5 nitrogen and oxygen atoms in total. The molecule has 1 aromatic rings. The molecule has 0 aliphatic carbocycles. The van der Waals surface area contributed by atoms with E-state index in [4.69, 9.17) is 16.3 Å². The number of esters is 1. The number of fused-ring (bicyclic) bond motifs is 1. The van der Waals surface area contributed by atoms with Crippen LogP contribution >= 0.6 is 11.6 Å². The van der Waals surface area contributed by atoms with Gasteiger partial charge < -0.3 is 10.1 Å². The zero-order valence-electron chi connectivity index (χ0n) is 11.6. The highest BCUT2D eigenvalue weighted by Crippen LogP contribution is 2.23. The average molecular weight is 297 g/mol. The smallest absolute Gasteiger partial charge is 0.333 e. The SMILES string of the molecule is CC(C)(C)OC(=O)C1NCc2cc(Cl)ccc2NC1=O. The Morgan fingerprint density at radius 2 is 2.10 bits per heavy atom. The summed E-state index contributed by atoms with van der Waals surface area (Å²) in [6.45, 7) is 5.63. The van der Waals surface area contributed by atoms with Gasteiger partial charge >= 0.3 is 5.97 Å². The molecule has 1 amide bonds. The second kappa shape index (κ2) is 5.42. The van der Waals surface area contributed by atoms with Gasteiger partial charge in [0.1, 0.15) is 5.60 Å². The number of nitrogens with one attached hydrogen (secondary N) is 2. The maximum Gasteiger partial charge on any atom is 0.333 e. The van der Waals surface area contributed by atoms with E-state index in [-0.39, 0.29) is 0 Å². The summed E-state index contributed by atoms with van der Waals surface area (Å²) in [5.74, 6) is -1.02. The van der Waals surface area contributed by atoms with Gasteiger partial charge in [-0.15, -0.1) is 0 Å². The molecule has 0 saturated heterocycles. The number of carbonyl (C=O) groups excluding carboxylic acids is 2. The standard InChI is InChI=1S/C14H17ClN2O3/c1-14(2,3)20-13(19)11-12(18)17-10-5-4-9(15)6-8(10)7-16-11/h4-6,11,16H,7H2,1-3H3,(H,17,18). The number of rotatable bonds is 1. The van der Waals surface area contributed by atoms with E-state index in [2.05, 4.69) is 10.6 Å². The summed E-state index contributed by atoms with van der Waals surface area (Å²) in [5, 5.41) is 6.18. The van der Waals surface area contributed by atoms with E-state index in [0.717, 1.165) is 5.56 Å². The highest BCUT2D eigenvalue weighted by atomic mass is 35.5. The summed E-state index contributed by atoms with van der Waals surface area (Å²) in [5.41, 5.74) is 0.844. The highest BCUT2D eigenvalue weighted by Gasteiger charge is 2.33. The van der Waals surface area contributed by atoms with E-state index in [1.807, 2.05) is 0 Å². The Balaban J connectivity index is 2.17. The third-order valence-corrected chi connectivity index (χ3v) is 2.96. The van der Waals surface area contributed by atoms with Crippen LogP contribution in [0.5, 0.6) is 0 Å². The molecule has 0 fully saturated rings. The number of benzene rings is 1. The van der Waals surface area contributed by atoms with Crippen LogP contribution < -0.4 is 10.6 Å². The zero-order valence-corrected chi connectivity index (χ0v) is 12.4. The predicted molar refractivity (Wildman–Crippen MR) is 76.6 cm³/mol. The second-order valence-corrected chi connectivity index (χ2v) is 6.07. The van der Waals surface area contributed by atoms with Crippen molar-refractivity contribution in [1.82, 2.24) is 5.32 Å². The van der Waals surface area contributed by atoms with Crippen molar-refractivity contribution < 1.29 is 14.3 Å². The Labute approximate surface area is 122 Å². The van der Waals surface area contributed by atoms with E-state index in [9.17, 15) is 9.59 Å².